The molecule has 1 unspecified atom stereocenters. The van der Waals surface area contributed by atoms with Crippen LogP contribution in [0.3, 0.4) is 0 Å². The molecule has 2 N–H and O–H groups in total. The number of carboxylic acids is 1. The minimum atomic E-state index is -1.01. The van der Waals surface area contributed by atoms with E-state index in [1.165, 1.54) is 7.11 Å². The maximum atomic E-state index is 11.2. The van der Waals surface area contributed by atoms with Crippen molar-refractivity contribution < 1.29 is 24.8 Å². The molecule has 0 amide bonds. The van der Waals surface area contributed by atoms with Crippen molar-refractivity contribution >= 4 is 5.97 Å². The molecule has 2 aromatic rings. The number of rotatable bonds is 6. The second-order valence-electron chi connectivity index (χ2n) is 5.01. The molecular weight excluding hydrogens is 284 g/mol. The molecule has 0 aliphatic carbocycles. The fourth-order valence-corrected chi connectivity index (χ4v) is 2.24. The molecular formula is C17H18O5. The average molecular weight is 302 g/mol. The Hall–Kier alpha value is -2.37. The third-order valence-electron chi connectivity index (χ3n) is 3.51. The largest absolute Gasteiger partial charge is 0.496 e. The summed E-state index contributed by atoms with van der Waals surface area (Å²) in [7, 11) is 1.45. The summed E-state index contributed by atoms with van der Waals surface area (Å²) >= 11 is 0. The third-order valence-corrected chi connectivity index (χ3v) is 3.51. The molecule has 5 heteroatoms. The highest BCUT2D eigenvalue weighted by molar-refractivity contribution is 5.91. The van der Waals surface area contributed by atoms with E-state index in [4.69, 9.17) is 9.99 Å². The monoisotopic (exact) mass is 302 g/mol. The lowest BCUT2D eigenvalue weighted by Gasteiger charge is -2.10. The van der Waals surface area contributed by atoms with Crippen LogP contribution in [0.2, 0.25) is 0 Å². The van der Waals surface area contributed by atoms with Crippen molar-refractivity contribution in [2.75, 3.05) is 7.11 Å². The maximum Gasteiger partial charge on any atom is 0.339 e. The first-order valence-electron chi connectivity index (χ1n) is 6.84. The molecule has 0 saturated heterocycles. The molecule has 1 atom stereocenters. The van der Waals surface area contributed by atoms with Gasteiger partial charge < -0.3 is 9.84 Å². The number of benzene rings is 2. The maximum absolute atomic E-state index is 11.2. The molecule has 0 saturated carbocycles. The lowest BCUT2D eigenvalue weighted by atomic mass is 10.0. The van der Waals surface area contributed by atoms with Crippen LogP contribution in [0.15, 0.2) is 42.5 Å². The summed E-state index contributed by atoms with van der Waals surface area (Å²) in [5.41, 5.74) is 2.94. The van der Waals surface area contributed by atoms with Crippen molar-refractivity contribution in [2.45, 2.75) is 19.4 Å². The van der Waals surface area contributed by atoms with Gasteiger partial charge in [0.05, 0.1) is 7.11 Å². The van der Waals surface area contributed by atoms with E-state index < -0.39 is 5.97 Å². The molecule has 0 radical (unpaired) electrons. The zero-order chi connectivity index (χ0) is 16.1. The van der Waals surface area contributed by atoms with Crippen molar-refractivity contribution in [2.24, 2.45) is 0 Å². The molecule has 22 heavy (non-hydrogen) atoms. The smallest absolute Gasteiger partial charge is 0.339 e. The molecule has 2 rings (SSSR count). The Morgan fingerprint density at radius 1 is 1.14 bits per heavy atom. The number of ether oxygens (including phenoxy) is 1. The molecule has 116 valence electrons. The molecule has 2 aromatic carbocycles. The van der Waals surface area contributed by atoms with E-state index in [-0.39, 0.29) is 11.7 Å². The van der Waals surface area contributed by atoms with E-state index in [9.17, 15) is 9.90 Å². The van der Waals surface area contributed by atoms with Gasteiger partial charge in [0.1, 0.15) is 17.4 Å². The van der Waals surface area contributed by atoms with Crippen LogP contribution < -0.4 is 4.74 Å². The number of carbonyl (C=O) groups is 1. The van der Waals surface area contributed by atoms with Gasteiger partial charge >= 0.3 is 5.97 Å². The third kappa shape index (κ3) is 3.63. The van der Waals surface area contributed by atoms with Gasteiger partial charge in [-0.15, -0.1) is 0 Å². The van der Waals surface area contributed by atoms with Crippen molar-refractivity contribution in [3.63, 3.8) is 0 Å². The fourth-order valence-electron chi connectivity index (χ4n) is 2.24. The molecule has 0 bridgehead atoms. The summed E-state index contributed by atoms with van der Waals surface area (Å²) in [6.07, 6.45) is 0.229. The highest BCUT2D eigenvalue weighted by Gasteiger charge is 2.12. The van der Waals surface area contributed by atoms with Crippen molar-refractivity contribution in [1.29, 1.82) is 0 Å². The summed E-state index contributed by atoms with van der Waals surface area (Å²) in [4.78, 5) is 15.5. The average Bonchev–Trinajstić information content (AvgIpc) is 2.54. The van der Waals surface area contributed by atoms with Gasteiger partial charge in [-0.05, 0) is 42.2 Å². The second-order valence-corrected chi connectivity index (χ2v) is 5.01. The van der Waals surface area contributed by atoms with Gasteiger partial charge in [0.15, 0.2) is 0 Å². The topological polar surface area (TPSA) is 76.0 Å². The van der Waals surface area contributed by atoms with Crippen LogP contribution in [0, 0.1) is 0 Å². The molecule has 5 nitrogen and oxygen atoms in total. The van der Waals surface area contributed by atoms with Gasteiger partial charge in [0.2, 0.25) is 0 Å². The molecule has 0 heterocycles. The van der Waals surface area contributed by atoms with E-state index in [0.29, 0.717) is 12.2 Å². The summed E-state index contributed by atoms with van der Waals surface area (Å²) in [5.74, 6) is -0.663. The Balaban J connectivity index is 2.20. The first kappa shape index (κ1) is 16.0. The highest BCUT2D eigenvalue weighted by atomic mass is 17.1. The van der Waals surface area contributed by atoms with Crippen LogP contribution in [0.4, 0.5) is 0 Å². The molecule has 0 aliphatic heterocycles. The number of hydrogen-bond donors (Lipinski definition) is 2. The number of hydrogen-bond acceptors (Lipinski definition) is 4. The normalized spacial score (nSPS) is 12.0. The Labute approximate surface area is 128 Å². The predicted octanol–water partition coefficient (Wildman–Crippen LogP) is 3.53. The molecule has 0 aliphatic rings. The molecule has 0 aromatic heterocycles. The van der Waals surface area contributed by atoms with E-state index in [1.54, 1.807) is 19.1 Å². The zero-order valence-corrected chi connectivity index (χ0v) is 12.4. The van der Waals surface area contributed by atoms with Gasteiger partial charge in [0.25, 0.3) is 0 Å². The van der Waals surface area contributed by atoms with Crippen LogP contribution >= 0.6 is 0 Å². The standard InChI is InChI=1S/C17H18O5/c1-11(22-20)14-6-3-12(4-7-14)9-13-5-8-16(21-2)15(10-13)17(18)19/h3-8,10-11,20H,9H2,1-2H3,(H,18,19). The van der Waals surface area contributed by atoms with Gasteiger partial charge in [0, 0.05) is 0 Å². The Morgan fingerprint density at radius 2 is 1.77 bits per heavy atom. The fraction of sp³-hybridized carbons (Fsp3) is 0.235. The summed E-state index contributed by atoms with van der Waals surface area (Å²) in [5, 5.41) is 17.9. The van der Waals surface area contributed by atoms with Crippen LogP contribution in [0.25, 0.3) is 0 Å². The first-order valence-corrected chi connectivity index (χ1v) is 6.84. The minimum absolute atomic E-state index is 0.152. The SMILES string of the molecule is COc1ccc(Cc2ccc(C(C)OO)cc2)cc1C(=O)O. The van der Waals surface area contributed by atoms with E-state index in [0.717, 1.165) is 16.7 Å². The quantitative estimate of drug-likeness (QED) is 0.630. The number of methoxy groups -OCH3 is 1. The summed E-state index contributed by atoms with van der Waals surface area (Å²) in [6.45, 7) is 1.75. The van der Waals surface area contributed by atoms with E-state index in [1.807, 2.05) is 30.3 Å². The highest BCUT2D eigenvalue weighted by Crippen LogP contribution is 2.22. The van der Waals surface area contributed by atoms with Gasteiger partial charge in [-0.3, -0.25) is 5.26 Å². The lowest BCUT2D eigenvalue weighted by Crippen LogP contribution is -2.02. The Morgan fingerprint density at radius 3 is 2.32 bits per heavy atom. The van der Waals surface area contributed by atoms with Crippen molar-refractivity contribution in [3.8, 4) is 5.75 Å². The second kappa shape index (κ2) is 7.06. The molecule has 0 spiro atoms. The lowest BCUT2D eigenvalue weighted by molar-refractivity contribution is -0.277. The Kier molecular flexibility index (Phi) is 5.14. The van der Waals surface area contributed by atoms with Crippen LogP contribution in [0.5, 0.6) is 5.75 Å². The van der Waals surface area contributed by atoms with Crippen molar-refractivity contribution in [3.05, 3.63) is 64.7 Å². The van der Waals surface area contributed by atoms with Crippen LogP contribution in [-0.4, -0.2) is 23.4 Å². The van der Waals surface area contributed by atoms with Crippen LogP contribution in [0.1, 0.15) is 40.1 Å². The zero-order valence-electron chi connectivity index (χ0n) is 12.4. The van der Waals surface area contributed by atoms with Gasteiger partial charge in [-0.2, -0.15) is 0 Å². The van der Waals surface area contributed by atoms with Crippen molar-refractivity contribution in [1.82, 2.24) is 0 Å². The minimum Gasteiger partial charge on any atom is -0.496 e. The van der Waals surface area contributed by atoms with Gasteiger partial charge in [-0.1, -0.05) is 30.3 Å². The summed E-state index contributed by atoms with van der Waals surface area (Å²) in [6, 6.07) is 12.7. The first-order chi connectivity index (χ1) is 10.5. The van der Waals surface area contributed by atoms with E-state index >= 15 is 0 Å². The molecule has 0 fully saturated rings. The predicted molar refractivity (Wildman–Crippen MR) is 81.3 cm³/mol. The number of aromatic carboxylic acids is 1. The Bertz CT molecular complexity index is 649. The van der Waals surface area contributed by atoms with Crippen LogP contribution in [-0.2, 0) is 11.3 Å². The number of carboxylic acid groups (broad SMARTS) is 1. The van der Waals surface area contributed by atoms with Gasteiger partial charge in [-0.25, -0.2) is 9.68 Å². The summed E-state index contributed by atoms with van der Waals surface area (Å²) < 4.78 is 5.05. The van der Waals surface area contributed by atoms with E-state index in [2.05, 4.69) is 4.89 Å².